The van der Waals surface area contributed by atoms with Gasteiger partial charge in [-0.2, -0.15) is 0 Å². The summed E-state index contributed by atoms with van der Waals surface area (Å²) < 4.78 is 5.20. The Bertz CT molecular complexity index is 146. The fourth-order valence-corrected chi connectivity index (χ4v) is 1.59. The maximum Gasteiger partial charge on any atom is 0.136 e. The minimum absolute atomic E-state index is 0.293. The zero-order valence-corrected chi connectivity index (χ0v) is 8.01. The summed E-state index contributed by atoms with van der Waals surface area (Å²) in [5.41, 5.74) is 0. The Morgan fingerprint density at radius 2 is 2.00 bits per heavy atom. The molecule has 1 aliphatic rings. The second-order valence-electron chi connectivity index (χ2n) is 3.95. The fraction of sp³-hybridized carbons (Fsp3) is 0.900. The molecule has 0 aromatic heterocycles. The van der Waals surface area contributed by atoms with E-state index in [2.05, 4.69) is 13.8 Å². The van der Waals surface area contributed by atoms with Crippen LogP contribution in [0.3, 0.4) is 0 Å². The maximum absolute atomic E-state index is 11.6. The molecule has 12 heavy (non-hydrogen) atoms. The zero-order chi connectivity index (χ0) is 8.97. The summed E-state index contributed by atoms with van der Waals surface area (Å²) >= 11 is 0. The number of ether oxygens (including phenoxy) is 1. The molecule has 0 aromatic carbocycles. The monoisotopic (exact) mass is 170 g/mol. The molecular weight excluding hydrogens is 152 g/mol. The van der Waals surface area contributed by atoms with Crippen LogP contribution in [0.2, 0.25) is 0 Å². The number of carbonyl (C=O) groups is 1. The molecule has 1 fully saturated rings. The van der Waals surface area contributed by atoms with E-state index in [0.29, 0.717) is 17.6 Å². The van der Waals surface area contributed by atoms with Crippen LogP contribution in [0.4, 0.5) is 0 Å². The predicted octanol–water partition coefficient (Wildman–Crippen LogP) is 2.03. The van der Waals surface area contributed by atoms with Crippen molar-refractivity contribution >= 4 is 5.78 Å². The average Bonchev–Trinajstić information content (AvgIpc) is 2.05. The van der Waals surface area contributed by atoms with E-state index in [9.17, 15) is 4.79 Å². The van der Waals surface area contributed by atoms with Gasteiger partial charge in [0.15, 0.2) is 0 Å². The normalized spacial score (nSPS) is 19.9. The second-order valence-corrected chi connectivity index (χ2v) is 3.95. The molecule has 0 aromatic rings. The van der Waals surface area contributed by atoms with Crippen LogP contribution < -0.4 is 0 Å². The first kappa shape index (κ1) is 9.72. The van der Waals surface area contributed by atoms with E-state index in [4.69, 9.17) is 4.74 Å². The Labute approximate surface area is 74.3 Å². The highest BCUT2D eigenvalue weighted by Crippen LogP contribution is 2.19. The highest BCUT2D eigenvalue weighted by atomic mass is 16.5. The van der Waals surface area contributed by atoms with Crippen molar-refractivity contribution in [2.24, 2.45) is 11.8 Å². The Balaban J connectivity index is 2.30. The fourth-order valence-electron chi connectivity index (χ4n) is 1.59. The third kappa shape index (κ3) is 2.94. The first-order chi connectivity index (χ1) is 5.70. The van der Waals surface area contributed by atoms with Gasteiger partial charge in [0.1, 0.15) is 5.78 Å². The lowest BCUT2D eigenvalue weighted by atomic mass is 9.90. The van der Waals surface area contributed by atoms with Gasteiger partial charge in [-0.25, -0.2) is 0 Å². The Kier molecular flexibility index (Phi) is 3.73. The molecule has 0 bridgehead atoms. The smallest absolute Gasteiger partial charge is 0.136 e. The van der Waals surface area contributed by atoms with Crippen molar-refractivity contribution in [2.45, 2.75) is 33.1 Å². The molecule has 2 heteroatoms. The molecule has 0 saturated carbocycles. The molecule has 0 atom stereocenters. The van der Waals surface area contributed by atoms with Crippen LogP contribution in [-0.2, 0) is 9.53 Å². The van der Waals surface area contributed by atoms with Crippen LogP contribution in [0.1, 0.15) is 33.1 Å². The van der Waals surface area contributed by atoms with E-state index in [1.165, 1.54) is 0 Å². The molecule has 1 aliphatic heterocycles. The molecule has 1 heterocycles. The van der Waals surface area contributed by atoms with Crippen molar-refractivity contribution in [1.82, 2.24) is 0 Å². The molecule has 1 saturated heterocycles. The lowest BCUT2D eigenvalue weighted by molar-refractivity contribution is -0.126. The first-order valence-corrected chi connectivity index (χ1v) is 4.80. The van der Waals surface area contributed by atoms with Crippen molar-refractivity contribution in [3.63, 3.8) is 0 Å². The van der Waals surface area contributed by atoms with Gasteiger partial charge >= 0.3 is 0 Å². The third-order valence-corrected chi connectivity index (χ3v) is 2.29. The van der Waals surface area contributed by atoms with Gasteiger partial charge in [-0.05, 0) is 18.8 Å². The summed E-state index contributed by atoms with van der Waals surface area (Å²) in [5, 5.41) is 0. The predicted molar refractivity (Wildman–Crippen MR) is 48.0 cm³/mol. The number of rotatable bonds is 3. The Morgan fingerprint density at radius 3 is 2.50 bits per heavy atom. The number of carbonyl (C=O) groups excluding carboxylic acids is 1. The van der Waals surface area contributed by atoms with Crippen LogP contribution in [0.5, 0.6) is 0 Å². The Morgan fingerprint density at radius 1 is 1.42 bits per heavy atom. The van der Waals surface area contributed by atoms with Gasteiger partial charge < -0.3 is 4.74 Å². The van der Waals surface area contributed by atoms with Gasteiger partial charge in [-0.1, -0.05) is 13.8 Å². The molecule has 0 N–H and O–H groups in total. The van der Waals surface area contributed by atoms with Gasteiger partial charge in [0.05, 0.1) is 0 Å². The van der Waals surface area contributed by atoms with Gasteiger partial charge in [0.2, 0.25) is 0 Å². The minimum Gasteiger partial charge on any atom is -0.381 e. The SMILES string of the molecule is CC(C)CC(=O)C1CCOCC1. The number of Topliss-reactive ketones (excluding diaryl/α,β-unsaturated/α-hetero) is 1. The van der Waals surface area contributed by atoms with Crippen molar-refractivity contribution < 1.29 is 9.53 Å². The number of ketones is 1. The van der Waals surface area contributed by atoms with Crippen LogP contribution in [0, 0.1) is 11.8 Å². The van der Waals surface area contributed by atoms with Crippen LogP contribution >= 0.6 is 0 Å². The van der Waals surface area contributed by atoms with Crippen LogP contribution in [0.25, 0.3) is 0 Å². The van der Waals surface area contributed by atoms with Gasteiger partial charge in [-0.3, -0.25) is 4.79 Å². The van der Waals surface area contributed by atoms with E-state index >= 15 is 0 Å². The molecule has 70 valence electrons. The van der Waals surface area contributed by atoms with Gasteiger partial charge in [0.25, 0.3) is 0 Å². The molecule has 0 unspecified atom stereocenters. The molecular formula is C10H18O2. The summed E-state index contributed by atoms with van der Waals surface area (Å²) in [6.07, 6.45) is 2.61. The Hall–Kier alpha value is -0.370. The van der Waals surface area contributed by atoms with Crippen molar-refractivity contribution in [2.75, 3.05) is 13.2 Å². The maximum atomic E-state index is 11.6. The van der Waals surface area contributed by atoms with Crippen molar-refractivity contribution in [3.05, 3.63) is 0 Å². The molecule has 0 spiro atoms. The van der Waals surface area contributed by atoms with Crippen LogP contribution in [0.15, 0.2) is 0 Å². The molecule has 0 amide bonds. The summed E-state index contributed by atoms with van der Waals surface area (Å²) in [6, 6.07) is 0. The van der Waals surface area contributed by atoms with E-state index in [1.807, 2.05) is 0 Å². The topological polar surface area (TPSA) is 26.3 Å². The van der Waals surface area contributed by atoms with E-state index < -0.39 is 0 Å². The lowest BCUT2D eigenvalue weighted by Gasteiger charge is -2.21. The summed E-state index contributed by atoms with van der Waals surface area (Å²) in [5.74, 6) is 1.23. The summed E-state index contributed by atoms with van der Waals surface area (Å²) in [6.45, 7) is 5.73. The number of hydrogen-bond acceptors (Lipinski definition) is 2. The molecule has 2 nitrogen and oxygen atoms in total. The zero-order valence-electron chi connectivity index (χ0n) is 8.01. The average molecular weight is 170 g/mol. The van der Waals surface area contributed by atoms with E-state index in [-0.39, 0.29) is 0 Å². The lowest BCUT2D eigenvalue weighted by Crippen LogP contribution is -2.24. The van der Waals surface area contributed by atoms with Crippen LogP contribution in [-0.4, -0.2) is 19.0 Å². The number of hydrogen-bond donors (Lipinski definition) is 0. The van der Waals surface area contributed by atoms with E-state index in [0.717, 1.165) is 32.5 Å². The highest BCUT2D eigenvalue weighted by Gasteiger charge is 2.21. The third-order valence-electron chi connectivity index (χ3n) is 2.29. The second kappa shape index (κ2) is 4.61. The summed E-state index contributed by atoms with van der Waals surface area (Å²) in [4.78, 5) is 11.6. The standard InChI is InChI=1S/C10H18O2/c1-8(2)7-10(11)9-3-5-12-6-4-9/h8-9H,3-7H2,1-2H3. The van der Waals surface area contributed by atoms with Gasteiger partial charge in [-0.15, -0.1) is 0 Å². The minimum atomic E-state index is 0.293. The summed E-state index contributed by atoms with van der Waals surface area (Å²) in [7, 11) is 0. The van der Waals surface area contributed by atoms with Crippen molar-refractivity contribution in [3.8, 4) is 0 Å². The first-order valence-electron chi connectivity index (χ1n) is 4.80. The van der Waals surface area contributed by atoms with Crippen molar-refractivity contribution in [1.29, 1.82) is 0 Å². The van der Waals surface area contributed by atoms with E-state index in [1.54, 1.807) is 0 Å². The van der Waals surface area contributed by atoms with Gasteiger partial charge in [0, 0.05) is 25.6 Å². The largest absolute Gasteiger partial charge is 0.381 e. The quantitative estimate of drug-likeness (QED) is 0.647. The molecule has 0 aliphatic carbocycles. The molecule has 0 radical (unpaired) electrons. The molecule has 1 rings (SSSR count). The highest BCUT2D eigenvalue weighted by molar-refractivity contribution is 5.81.